The number of halogens is 7. The molecular formula is C18H31F6IO19P6. The van der Waals surface area contributed by atoms with E-state index in [1.165, 1.54) is 24.3 Å². The number of benzene rings is 2. The Balaban J connectivity index is -0.000000272. The summed E-state index contributed by atoms with van der Waals surface area (Å²) in [6, 6.07) is 12.8. The fraction of sp³-hybridized carbons (Fsp3) is 0.333. The van der Waals surface area contributed by atoms with Gasteiger partial charge in [0.2, 0.25) is 0 Å². The van der Waals surface area contributed by atoms with Gasteiger partial charge >= 0.3 is 69.5 Å². The van der Waals surface area contributed by atoms with Crippen LogP contribution in [-0.2, 0) is 30.2 Å². The van der Waals surface area contributed by atoms with E-state index in [0.717, 1.165) is 11.1 Å². The summed E-state index contributed by atoms with van der Waals surface area (Å²) in [5.41, 5.74) is 2.12. The molecular weight excluding hydrogens is 947 g/mol. The number of hydrogen-bond donors (Lipinski definition) is 9. The molecule has 19 nitrogen and oxygen atoms in total. The van der Waals surface area contributed by atoms with Gasteiger partial charge in [0.05, 0.1) is 0 Å². The Hall–Kier alpha value is -0.710. The monoisotopic (exact) mass is 978 g/mol. The van der Waals surface area contributed by atoms with E-state index >= 15 is 0 Å². The largest absolute Gasteiger partial charge is 0.567 e. The smallest absolute Gasteiger partial charge is 0.567 e. The molecule has 2 rings (SSSR count). The van der Waals surface area contributed by atoms with Crippen molar-refractivity contribution in [3.63, 3.8) is 0 Å². The molecule has 0 fully saturated rings. The second-order valence-corrected chi connectivity index (χ2v) is 16.1. The first kappa shape index (κ1) is 56.0. The third-order valence-electron chi connectivity index (χ3n) is 3.64. The van der Waals surface area contributed by atoms with Gasteiger partial charge < -0.3 is 12.5 Å². The third-order valence-corrected chi connectivity index (χ3v) is 6.68. The van der Waals surface area contributed by atoms with Crippen LogP contribution in [0.1, 0.15) is 50.7 Å². The minimum Gasteiger partial charge on any atom is -0.567 e. The normalized spacial score (nSPS) is 14.7. The second-order valence-electron chi connectivity index (χ2n) is 8.54. The molecule has 0 heterocycles. The lowest BCUT2D eigenvalue weighted by Crippen LogP contribution is -3.69. The van der Waals surface area contributed by atoms with Crippen LogP contribution in [0.5, 0.6) is 11.5 Å². The summed E-state index contributed by atoms with van der Waals surface area (Å²) in [6.07, 6.45) is 0. The van der Waals surface area contributed by atoms with Crippen molar-refractivity contribution in [2.75, 3.05) is 0 Å². The molecule has 3 atom stereocenters. The molecule has 296 valence electrons. The Morgan fingerprint density at radius 1 is 0.500 bits per heavy atom. The SMILES string of the molecule is CC(C)c1ccc(OP(=O)(O)F)cc1.CC(C)c1ccc(OP(=O)(O)F)cc1.O=P(O)(F)O[I+][O-].O=P(O)(O)F.O=P(O)(O)F.O=P(O)(O)F. The maximum atomic E-state index is 12.2. The number of hydrogen-bond acceptors (Lipinski definition) is 10. The lowest BCUT2D eigenvalue weighted by Gasteiger charge is -2.07. The zero-order valence-corrected chi connectivity index (χ0v) is 32.7. The molecule has 0 spiro atoms. The minimum atomic E-state index is -5.14. The van der Waals surface area contributed by atoms with E-state index in [4.69, 9.17) is 57.7 Å². The molecule has 50 heavy (non-hydrogen) atoms. The van der Waals surface area contributed by atoms with E-state index in [2.05, 4.69) is 11.9 Å². The first-order valence-electron chi connectivity index (χ1n) is 11.7. The molecule has 32 heteroatoms. The van der Waals surface area contributed by atoms with Gasteiger partial charge in [0.15, 0.2) is 0 Å². The van der Waals surface area contributed by atoms with E-state index in [1.807, 2.05) is 27.7 Å². The molecule has 0 saturated carbocycles. The zero-order chi connectivity index (χ0) is 40.9. The minimum absolute atomic E-state index is 0.0581. The Morgan fingerprint density at radius 3 is 0.800 bits per heavy atom. The summed E-state index contributed by atoms with van der Waals surface area (Å²) in [7, 11) is -30.2. The second kappa shape index (κ2) is 25.3. The van der Waals surface area contributed by atoms with E-state index in [9.17, 15) is 42.3 Å². The highest BCUT2D eigenvalue weighted by Gasteiger charge is 2.23. The number of rotatable bonds is 8. The van der Waals surface area contributed by atoms with Crippen molar-refractivity contribution in [2.24, 2.45) is 0 Å². The van der Waals surface area contributed by atoms with Gasteiger partial charge in [-0.15, -0.1) is 25.2 Å². The van der Waals surface area contributed by atoms with Crippen LogP contribution < -0.4 is 34.5 Å². The highest BCUT2D eigenvalue weighted by atomic mass is 127. The van der Waals surface area contributed by atoms with Crippen molar-refractivity contribution in [1.29, 1.82) is 0 Å². The molecule has 0 amide bonds. The summed E-state index contributed by atoms with van der Waals surface area (Å²) < 4.78 is 143. The molecule has 0 bridgehead atoms. The van der Waals surface area contributed by atoms with Gasteiger partial charge in [-0.2, -0.15) is 0 Å². The van der Waals surface area contributed by atoms with Gasteiger partial charge in [-0.3, -0.25) is 44.0 Å². The lowest BCUT2D eigenvalue weighted by molar-refractivity contribution is -1.25. The topological polar surface area (TPSA) is 335 Å². The van der Waals surface area contributed by atoms with Crippen LogP contribution >= 0.6 is 47.4 Å². The maximum Gasteiger partial charge on any atom is 0.567 e. The van der Waals surface area contributed by atoms with Crippen molar-refractivity contribution in [3.8, 4) is 11.5 Å². The van der Waals surface area contributed by atoms with Gasteiger partial charge in [0.1, 0.15) is 11.5 Å². The predicted molar refractivity (Wildman–Crippen MR) is 156 cm³/mol. The lowest BCUT2D eigenvalue weighted by atomic mass is 10.0. The van der Waals surface area contributed by atoms with Gasteiger partial charge in [-0.1, -0.05) is 52.0 Å². The summed E-state index contributed by atoms with van der Waals surface area (Å²) in [5, 5.41) is 0. The first-order valence-corrected chi connectivity index (χ1v) is 22.4. The van der Waals surface area contributed by atoms with Crippen LogP contribution in [0.15, 0.2) is 48.5 Å². The zero-order valence-electron chi connectivity index (χ0n) is 25.2. The standard InChI is InChI=1S/2C9H12FO3P.FHIO4P.3FH2O3P/c2*1-7(2)8-3-5-9(6-4-8)13-14(10,11)12;1-7(4,5)6-2-3;3*1-5(2,3)4/h2*3-7H,1-2H3,(H,11,12);(H,4,5);3*(H2,2,3,4). The Bertz CT molecular complexity index is 1360. The van der Waals surface area contributed by atoms with E-state index in [-0.39, 0.29) is 11.5 Å². The maximum absolute atomic E-state index is 12.2. The highest BCUT2D eigenvalue weighted by Crippen LogP contribution is 2.45. The molecule has 0 aromatic heterocycles. The average Bonchev–Trinajstić information content (AvgIpc) is 2.79. The first-order chi connectivity index (χ1) is 21.8. The molecule has 3 unspecified atom stereocenters. The third kappa shape index (κ3) is 59.4. The van der Waals surface area contributed by atoms with E-state index < -0.39 is 69.5 Å². The Labute approximate surface area is 291 Å². The van der Waals surface area contributed by atoms with Crippen molar-refractivity contribution in [2.45, 2.75) is 39.5 Å². The van der Waals surface area contributed by atoms with Gasteiger partial charge in [0.25, 0.3) is 0 Å². The average molecular weight is 978 g/mol. The van der Waals surface area contributed by atoms with Crippen LogP contribution in [0.25, 0.3) is 0 Å². The summed E-state index contributed by atoms with van der Waals surface area (Å²) in [4.78, 5) is 65.9. The quantitative estimate of drug-likeness (QED) is 0.104. The van der Waals surface area contributed by atoms with Gasteiger partial charge in [-0.25, -0.2) is 27.4 Å². The van der Waals surface area contributed by atoms with Crippen LogP contribution in [0.4, 0.5) is 25.2 Å². The predicted octanol–water partition coefficient (Wildman–Crippen LogP) is 3.02. The van der Waals surface area contributed by atoms with Crippen LogP contribution in [-0.4, -0.2) is 44.0 Å². The van der Waals surface area contributed by atoms with Crippen molar-refractivity contribution in [1.82, 2.24) is 0 Å². The van der Waals surface area contributed by atoms with Crippen molar-refractivity contribution < 1.29 is 134 Å². The highest BCUT2D eigenvalue weighted by molar-refractivity contribution is 7.48. The summed E-state index contributed by atoms with van der Waals surface area (Å²) in [6.45, 7) is 8.06. The van der Waals surface area contributed by atoms with Crippen LogP contribution in [0, 0.1) is 0 Å². The van der Waals surface area contributed by atoms with E-state index in [0.29, 0.717) is 11.8 Å². The molecule has 2 aromatic rings. The Morgan fingerprint density at radius 2 is 0.700 bits per heavy atom. The molecule has 9 N–H and O–H groups in total. The van der Waals surface area contributed by atoms with Crippen LogP contribution in [0.3, 0.4) is 0 Å². The molecule has 0 radical (unpaired) electrons. The van der Waals surface area contributed by atoms with Crippen molar-refractivity contribution >= 4 is 47.4 Å². The molecule has 0 aliphatic heterocycles. The van der Waals surface area contributed by atoms with Gasteiger partial charge in [0, 0.05) is 0 Å². The Kier molecular flexibility index (Phi) is 28.4. The summed E-state index contributed by atoms with van der Waals surface area (Å²) >= 11 is -2.12. The fourth-order valence-corrected chi connectivity index (χ4v) is 3.55. The van der Waals surface area contributed by atoms with Gasteiger partial charge in [-0.05, 0) is 50.1 Å². The van der Waals surface area contributed by atoms with Crippen molar-refractivity contribution in [3.05, 3.63) is 59.7 Å². The molecule has 0 aliphatic carbocycles. The molecule has 0 aliphatic rings. The van der Waals surface area contributed by atoms with E-state index in [1.54, 1.807) is 24.3 Å². The fourth-order valence-electron chi connectivity index (χ4n) is 2.12. The van der Waals surface area contributed by atoms with Crippen LogP contribution in [0.2, 0.25) is 0 Å². The molecule has 2 aromatic carbocycles. The molecule has 0 saturated heterocycles. The summed E-state index contributed by atoms with van der Waals surface area (Å²) in [5.74, 6) is 0.830.